The van der Waals surface area contributed by atoms with Crippen LogP contribution in [0.5, 0.6) is 0 Å². The topological polar surface area (TPSA) is 40.1 Å². The van der Waals surface area contributed by atoms with Gasteiger partial charge in [0.15, 0.2) is 5.78 Å². The number of aryl methyl sites for hydroxylation is 1. The normalized spacial score (nSPS) is 13.9. The molecule has 0 aromatic heterocycles. The van der Waals surface area contributed by atoms with Crippen molar-refractivity contribution < 1.29 is 9.90 Å². The second-order valence-corrected chi connectivity index (χ2v) is 4.45. The van der Waals surface area contributed by atoms with E-state index in [1.807, 2.05) is 31.2 Å². The minimum atomic E-state index is -0.166. The monoisotopic (exact) mass is 235 g/mol. The lowest BCUT2D eigenvalue weighted by Crippen LogP contribution is -2.03. The van der Waals surface area contributed by atoms with Crippen LogP contribution in [0.3, 0.4) is 0 Å². The number of benzene rings is 2. The molecule has 0 saturated carbocycles. The van der Waals surface area contributed by atoms with E-state index < -0.39 is 0 Å². The summed E-state index contributed by atoms with van der Waals surface area (Å²) in [6.07, 6.45) is 0. The Morgan fingerprint density at radius 2 is 1.67 bits per heavy atom. The van der Waals surface area contributed by atoms with Crippen molar-refractivity contribution in [1.82, 2.24) is 0 Å². The molecule has 0 spiro atoms. The van der Waals surface area contributed by atoms with E-state index in [1.165, 1.54) is 0 Å². The molecule has 0 unspecified atom stereocenters. The van der Waals surface area contributed by atoms with Gasteiger partial charge in [-0.25, -0.2) is 0 Å². The third kappa shape index (κ3) is 1.46. The molecular weight excluding hydrogens is 224 g/mol. The van der Waals surface area contributed by atoms with Gasteiger partial charge in [0, 0.05) is 11.1 Å². The summed E-state index contributed by atoms with van der Waals surface area (Å²) >= 11 is 0. The van der Waals surface area contributed by atoms with Crippen LogP contribution in [-0.2, 0) is 0 Å². The summed E-state index contributed by atoms with van der Waals surface area (Å²) < 4.78 is 0. The molecule has 2 nitrogen and oxygen atoms in total. The van der Waals surface area contributed by atoms with Gasteiger partial charge in [-0.1, -0.05) is 59.9 Å². The van der Waals surface area contributed by atoms with Gasteiger partial charge in [-0.05, 0) is 18.1 Å². The summed E-state index contributed by atoms with van der Waals surface area (Å²) in [6, 6.07) is 14.5. The number of Topliss-reactive ketones (excluding diaryl/α,β-unsaturated/α-hetero) is 1. The molecule has 1 aliphatic rings. The Morgan fingerprint density at radius 1 is 0.944 bits per heavy atom. The maximum absolute atomic E-state index is 12.3. The van der Waals surface area contributed by atoms with E-state index in [2.05, 4.69) is 0 Å². The molecule has 3 rings (SSSR count). The highest BCUT2D eigenvalue weighted by Gasteiger charge is 2.25. The fourth-order valence-corrected chi connectivity index (χ4v) is 2.31. The third-order valence-corrected chi connectivity index (χ3v) is 3.18. The van der Waals surface area contributed by atoms with Crippen molar-refractivity contribution in [2.24, 2.45) is 0 Å². The van der Waals surface area contributed by atoms with Crippen molar-refractivity contribution in [3.05, 3.63) is 70.8 Å². The third-order valence-electron chi connectivity index (χ3n) is 3.18. The molecule has 1 aliphatic carbocycles. The molecule has 18 heavy (non-hydrogen) atoms. The number of ketones is 1. The zero-order valence-corrected chi connectivity index (χ0v) is 9.94. The molecule has 0 saturated heterocycles. The van der Waals surface area contributed by atoms with Gasteiger partial charge < -0.3 is 5.11 Å². The molecule has 0 N–H and O–H groups in total. The van der Waals surface area contributed by atoms with Gasteiger partial charge in [0.1, 0.15) is 0 Å². The molecule has 0 fully saturated rings. The van der Waals surface area contributed by atoms with Crippen LogP contribution in [0.25, 0.3) is 11.3 Å². The minimum absolute atomic E-state index is 0.166. The Bertz CT molecular complexity index is 681. The predicted molar refractivity (Wildman–Crippen MR) is 68.8 cm³/mol. The average molecular weight is 235 g/mol. The molecule has 0 heterocycles. The predicted octanol–water partition coefficient (Wildman–Crippen LogP) is 2.42. The molecule has 2 heteroatoms. The van der Waals surface area contributed by atoms with Crippen LogP contribution in [0.15, 0.2) is 48.5 Å². The number of carbonyl (C=O) groups is 1. The number of carbonyl (C=O) groups excluding carboxylic acids is 1. The Hall–Kier alpha value is -2.35. The summed E-state index contributed by atoms with van der Waals surface area (Å²) in [5.74, 6) is -0.331. The number of hydrogen-bond acceptors (Lipinski definition) is 2. The van der Waals surface area contributed by atoms with E-state index in [0.717, 1.165) is 5.56 Å². The van der Waals surface area contributed by atoms with Crippen LogP contribution in [0.2, 0.25) is 0 Å². The molecular formula is C16H11O2-. The van der Waals surface area contributed by atoms with Crippen molar-refractivity contribution in [2.75, 3.05) is 0 Å². The largest absolute Gasteiger partial charge is 0.872 e. The molecule has 0 aliphatic heterocycles. The van der Waals surface area contributed by atoms with Crippen LogP contribution in [0, 0.1) is 6.92 Å². The number of hydrogen-bond donors (Lipinski definition) is 0. The van der Waals surface area contributed by atoms with Gasteiger partial charge in [-0.15, -0.1) is 0 Å². The van der Waals surface area contributed by atoms with Gasteiger partial charge >= 0.3 is 0 Å². The average Bonchev–Trinajstić information content (AvgIpc) is 2.63. The van der Waals surface area contributed by atoms with E-state index in [1.54, 1.807) is 24.3 Å². The molecule has 0 radical (unpaired) electrons. The summed E-state index contributed by atoms with van der Waals surface area (Å²) in [7, 11) is 0. The maximum Gasteiger partial charge on any atom is 0.193 e. The lowest BCUT2D eigenvalue weighted by Gasteiger charge is -2.11. The van der Waals surface area contributed by atoms with E-state index >= 15 is 0 Å². The molecule has 2 aromatic carbocycles. The number of allylic oxidation sites excluding steroid dienone is 1. The molecule has 0 amide bonds. The number of fused-ring (bicyclic) bond motifs is 1. The van der Waals surface area contributed by atoms with Crippen LogP contribution in [0.4, 0.5) is 0 Å². The Balaban J connectivity index is 2.21. The highest BCUT2D eigenvalue weighted by atomic mass is 16.3. The zero-order chi connectivity index (χ0) is 12.7. The fraction of sp³-hybridized carbons (Fsp3) is 0.0625. The van der Waals surface area contributed by atoms with Gasteiger partial charge in [0.2, 0.25) is 0 Å². The van der Waals surface area contributed by atoms with Crippen LogP contribution < -0.4 is 5.11 Å². The van der Waals surface area contributed by atoms with Crippen molar-refractivity contribution in [3.8, 4) is 0 Å². The standard InChI is InChI=1S/C16H12O2/c1-10-5-4-6-11(9-10)14-15(17)12-7-2-3-8-13(12)16(14)18/h2-9,17H,1H3/p-1. The second kappa shape index (κ2) is 3.84. The molecule has 0 atom stereocenters. The molecule has 2 aromatic rings. The summed E-state index contributed by atoms with van der Waals surface area (Å²) in [5.41, 5.74) is 3.07. The second-order valence-electron chi connectivity index (χ2n) is 4.45. The highest BCUT2D eigenvalue weighted by molar-refractivity contribution is 6.38. The van der Waals surface area contributed by atoms with Crippen molar-refractivity contribution in [1.29, 1.82) is 0 Å². The quantitative estimate of drug-likeness (QED) is 0.761. The Morgan fingerprint density at radius 3 is 2.33 bits per heavy atom. The van der Waals surface area contributed by atoms with Gasteiger partial charge in [-0.3, -0.25) is 4.79 Å². The lowest BCUT2D eigenvalue weighted by molar-refractivity contribution is -0.242. The first kappa shape index (κ1) is 10.8. The first-order valence-electron chi connectivity index (χ1n) is 5.81. The van der Waals surface area contributed by atoms with Crippen molar-refractivity contribution in [2.45, 2.75) is 6.92 Å². The smallest absolute Gasteiger partial charge is 0.193 e. The fourth-order valence-electron chi connectivity index (χ4n) is 2.31. The zero-order valence-electron chi connectivity index (χ0n) is 9.94. The first-order chi connectivity index (χ1) is 8.68. The Kier molecular flexibility index (Phi) is 2.30. The van der Waals surface area contributed by atoms with Crippen molar-refractivity contribution >= 4 is 17.1 Å². The van der Waals surface area contributed by atoms with E-state index in [0.29, 0.717) is 22.3 Å². The maximum atomic E-state index is 12.3. The van der Waals surface area contributed by atoms with Gasteiger partial charge in [0.05, 0.1) is 0 Å². The summed E-state index contributed by atoms with van der Waals surface area (Å²) in [5, 5.41) is 12.3. The summed E-state index contributed by atoms with van der Waals surface area (Å²) in [4.78, 5) is 12.3. The summed E-state index contributed by atoms with van der Waals surface area (Å²) in [6.45, 7) is 1.95. The van der Waals surface area contributed by atoms with Crippen LogP contribution in [0.1, 0.15) is 27.0 Å². The number of rotatable bonds is 1. The molecule has 88 valence electrons. The van der Waals surface area contributed by atoms with Gasteiger partial charge in [0.25, 0.3) is 0 Å². The van der Waals surface area contributed by atoms with Crippen LogP contribution in [-0.4, -0.2) is 5.78 Å². The van der Waals surface area contributed by atoms with Crippen molar-refractivity contribution in [3.63, 3.8) is 0 Å². The lowest BCUT2D eigenvalue weighted by atomic mass is 10.0. The Labute approximate surface area is 105 Å². The first-order valence-corrected chi connectivity index (χ1v) is 5.81. The van der Waals surface area contributed by atoms with Crippen LogP contribution >= 0.6 is 0 Å². The van der Waals surface area contributed by atoms with E-state index in [-0.39, 0.29) is 11.5 Å². The van der Waals surface area contributed by atoms with E-state index in [4.69, 9.17) is 0 Å². The van der Waals surface area contributed by atoms with Gasteiger partial charge in [-0.2, -0.15) is 0 Å². The minimum Gasteiger partial charge on any atom is -0.872 e. The highest BCUT2D eigenvalue weighted by Crippen LogP contribution is 2.35. The van der Waals surface area contributed by atoms with E-state index in [9.17, 15) is 9.90 Å². The SMILES string of the molecule is Cc1cccc(C2=C([O-])c3ccccc3C2=O)c1. The molecule has 0 bridgehead atoms.